The van der Waals surface area contributed by atoms with Gasteiger partial charge < -0.3 is 10.6 Å². The van der Waals surface area contributed by atoms with Crippen molar-refractivity contribution in [2.75, 3.05) is 19.6 Å². The third-order valence-electron chi connectivity index (χ3n) is 3.34. The maximum Gasteiger partial charge on any atom is 0.291 e. The summed E-state index contributed by atoms with van der Waals surface area (Å²) in [6.45, 7) is 8.00. The molecule has 1 aromatic carbocycles. The van der Waals surface area contributed by atoms with Crippen LogP contribution in [0.1, 0.15) is 43.1 Å². The minimum Gasteiger partial charge on any atom is -0.348 e. The Labute approximate surface area is 163 Å². The van der Waals surface area contributed by atoms with Gasteiger partial charge in [-0.1, -0.05) is 50.0 Å². The lowest BCUT2D eigenvalue weighted by Crippen LogP contribution is -2.32. The van der Waals surface area contributed by atoms with E-state index in [9.17, 15) is 4.79 Å². The first kappa shape index (κ1) is 21.7. The third-order valence-corrected chi connectivity index (χ3v) is 3.95. The third kappa shape index (κ3) is 5.31. The highest BCUT2D eigenvalue weighted by Crippen LogP contribution is 2.30. The molecule has 0 aliphatic carbocycles. The molecule has 138 valence electrons. The van der Waals surface area contributed by atoms with Crippen molar-refractivity contribution in [1.29, 1.82) is 0 Å². The monoisotopic (exact) mass is 405 g/mol. The fraction of sp³-hybridized carbons (Fsp3) is 0.438. The molecule has 0 bridgehead atoms. The van der Waals surface area contributed by atoms with Crippen LogP contribution in [0.5, 0.6) is 0 Å². The van der Waals surface area contributed by atoms with Gasteiger partial charge in [0.2, 0.25) is 5.82 Å². The predicted molar refractivity (Wildman–Crippen MR) is 104 cm³/mol. The summed E-state index contributed by atoms with van der Waals surface area (Å²) in [6.07, 6.45) is 0. The smallest absolute Gasteiger partial charge is 0.291 e. The van der Waals surface area contributed by atoms with E-state index in [1.165, 1.54) is 0 Å². The lowest BCUT2D eigenvalue weighted by Gasteiger charge is -2.11. The predicted octanol–water partition coefficient (Wildman–Crippen LogP) is 3.46. The Morgan fingerprint density at radius 1 is 1.24 bits per heavy atom. The van der Waals surface area contributed by atoms with Crippen LogP contribution in [0.4, 0.5) is 0 Å². The summed E-state index contributed by atoms with van der Waals surface area (Å²) in [4.78, 5) is 16.6. The van der Waals surface area contributed by atoms with Gasteiger partial charge in [-0.15, -0.1) is 17.5 Å². The van der Waals surface area contributed by atoms with Crippen molar-refractivity contribution in [3.05, 3.63) is 39.9 Å². The molecule has 2 rings (SSSR count). The van der Waals surface area contributed by atoms with Crippen LogP contribution in [0, 0.1) is 0 Å². The molecule has 0 atom stereocenters. The number of amides is 1. The number of nitrogens with zero attached hydrogens (tertiary/aromatic N) is 3. The van der Waals surface area contributed by atoms with Gasteiger partial charge in [0, 0.05) is 19.0 Å². The number of carbonyl (C=O) groups is 1. The van der Waals surface area contributed by atoms with Gasteiger partial charge in [-0.3, -0.25) is 4.79 Å². The summed E-state index contributed by atoms with van der Waals surface area (Å²) in [5.41, 5.74) is 0.531. The number of hydrogen-bond acceptors (Lipinski definition) is 4. The van der Waals surface area contributed by atoms with Gasteiger partial charge in [-0.2, -0.15) is 0 Å². The molecule has 1 amide bonds. The van der Waals surface area contributed by atoms with E-state index in [0.29, 0.717) is 34.6 Å². The highest BCUT2D eigenvalue weighted by molar-refractivity contribution is 6.37. The van der Waals surface area contributed by atoms with Crippen LogP contribution < -0.4 is 10.6 Å². The van der Waals surface area contributed by atoms with Gasteiger partial charge in [-0.05, 0) is 18.7 Å². The molecule has 0 aliphatic rings. The number of hydrogen-bond donors (Lipinski definition) is 2. The molecule has 0 unspecified atom stereocenters. The first-order valence-corrected chi connectivity index (χ1v) is 8.61. The Kier molecular flexibility index (Phi) is 8.65. The van der Waals surface area contributed by atoms with Gasteiger partial charge >= 0.3 is 0 Å². The topological polar surface area (TPSA) is 71.8 Å². The Bertz CT molecular complexity index is 698. The Balaban J connectivity index is 0.00000312. The van der Waals surface area contributed by atoms with Gasteiger partial charge in [-0.25, -0.2) is 9.67 Å². The van der Waals surface area contributed by atoms with Crippen molar-refractivity contribution in [1.82, 2.24) is 25.4 Å². The van der Waals surface area contributed by atoms with Gasteiger partial charge in [0.25, 0.3) is 5.91 Å². The van der Waals surface area contributed by atoms with Crippen molar-refractivity contribution in [3.63, 3.8) is 0 Å². The summed E-state index contributed by atoms with van der Waals surface area (Å²) in [6, 6.07) is 5.21. The van der Waals surface area contributed by atoms with E-state index in [2.05, 4.69) is 20.7 Å². The summed E-state index contributed by atoms with van der Waals surface area (Å²) in [5, 5.41) is 11.2. The van der Waals surface area contributed by atoms with E-state index in [0.717, 1.165) is 6.54 Å². The van der Waals surface area contributed by atoms with Crippen LogP contribution in [0.15, 0.2) is 18.2 Å². The Morgan fingerprint density at radius 3 is 2.44 bits per heavy atom. The number of benzene rings is 1. The van der Waals surface area contributed by atoms with E-state index in [1.54, 1.807) is 22.9 Å². The van der Waals surface area contributed by atoms with Crippen molar-refractivity contribution in [2.24, 2.45) is 0 Å². The van der Waals surface area contributed by atoms with E-state index >= 15 is 0 Å². The zero-order chi connectivity index (χ0) is 17.7. The summed E-state index contributed by atoms with van der Waals surface area (Å²) in [5.74, 6) is 0.456. The SMILES string of the molecule is CCNCCNC(=O)c1nc(C(C)C)n(-c2c(Cl)cccc2Cl)n1.Cl. The van der Waals surface area contributed by atoms with Gasteiger partial charge in [0.15, 0.2) is 0 Å². The molecule has 0 saturated carbocycles. The quantitative estimate of drug-likeness (QED) is 0.691. The largest absolute Gasteiger partial charge is 0.348 e. The molecule has 0 saturated heterocycles. The molecule has 2 N–H and O–H groups in total. The van der Waals surface area contributed by atoms with Crippen LogP contribution in [0.3, 0.4) is 0 Å². The lowest BCUT2D eigenvalue weighted by molar-refractivity contribution is 0.0943. The lowest BCUT2D eigenvalue weighted by atomic mass is 10.2. The summed E-state index contributed by atoms with van der Waals surface area (Å²) >= 11 is 12.5. The van der Waals surface area contributed by atoms with Gasteiger partial charge in [0.1, 0.15) is 11.5 Å². The van der Waals surface area contributed by atoms with Gasteiger partial charge in [0.05, 0.1) is 10.0 Å². The van der Waals surface area contributed by atoms with Crippen LogP contribution in [0.25, 0.3) is 5.69 Å². The number of likely N-dealkylation sites (N-methyl/N-ethyl adjacent to an activating group) is 1. The maximum absolute atomic E-state index is 12.3. The molecular formula is C16H22Cl3N5O. The molecule has 1 aromatic heterocycles. The molecule has 0 spiro atoms. The number of carbonyl (C=O) groups excluding carboxylic acids is 1. The molecule has 1 heterocycles. The first-order valence-electron chi connectivity index (χ1n) is 7.86. The molecule has 0 aliphatic heterocycles. The fourth-order valence-electron chi connectivity index (χ4n) is 2.17. The number of rotatable bonds is 7. The molecular weight excluding hydrogens is 385 g/mol. The number of para-hydroxylation sites is 1. The second-order valence-corrected chi connectivity index (χ2v) is 6.35. The zero-order valence-electron chi connectivity index (χ0n) is 14.3. The van der Waals surface area contributed by atoms with Crippen LogP contribution in [-0.4, -0.2) is 40.3 Å². The molecule has 25 heavy (non-hydrogen) atoms. The molecule has 0 fully saturated rings. The summed E-state index contributed by atoms with van der Waals surface area (Å²) < 4.78 is 1.55. The van der Waals surface area contributed by atoms with E-state index in [-0.39, 0.29) is 30.1 Å². The normalized spacial score (nSPS) is 10.6. The number of aromatic nitrogens is 3. The minimum atomic E-state index is -0.322. The minimum absolute atomic E-state index is 0. The van der Waals surface area contributed by atoms with Crippen molar-refractivity contribution < 1.29 is 4.79 Å². The second kappa shape index (κ2) is 9.97. The van der Waals surface area contributed by atoms with E-state index in [4.69, 9.17) is 23.2 Å². The second-order valence-electron chi connectivity index (χ2n) is 5.54. The standard InChI is InChI=1S/C16H21Cl2N5O.ClH/c1-4-19-8-9-20-16(24)14-21-15(10(2)3)23(22-14)13-11(17)6-5-7-12(13)18;/h5-7,10,19H,4,8-9H2,1-3H3,(H,20,24);1H. The van der Waals surface area contributed by atoms with Crippen LogP contribution in [-0.2, 0) is 0 Å². The number of nitrogens with one attached hydrogen (secondary N) is 2. The average Bonchev–Trinajstić information content (AvgIpc) is 2.96. The maximum atomic E-state index is 12.3. The first-order chi connectivity index (χ1) is 11.5. The zero-order valence-corrected chi connectivity index (χ0v) is 16.7. The molecule has 2 aromatic rings. The highest BCUT2D eigenvalue weighted by atomic mass is 35.5. The highest BCUT2D eigenvalue weighted by Gasteiger charge is 2.21. The Hall–Kier alpha value is -1.34. The Morgan fingerprint density at radius 2 is 1.88 bits per heavy atom. The van der Waals surface area contributed by atoms with E-state index in [1.807, 2.05) is 20.8 Å². The van der Waals surface area contributed by atoms with Crippen molar-refractivity contribution >= 4 is 41.5 Å². The average molecular weight is 407 g/mol. The molecule has 9 heteroatoms. The van der Waals surface area contributed by atoms with Crippen LogP contribution in [0.2, 0.25) is 10.0 Å². The van der Waals surface area contributed by atoms with Crippen LogP contribution >= 0.6 is 35.6 Å². The summed E-state index contributed by atoms with van der Waals surface area (Å²) in [7, 11) is 0. The van der Waals surface area contributed by atoms with Crippen molar-refractivity contribution in [2.45, 2.75) is 26.7 Å². The van der Waals surface area contributed by atoms with E-state index < -0.39 is 0 Å². The molecule has 6 nitrogen and oxygen atoms in total. The number of halogens is 3. The fourth-order valence-corrected chi connectivity index (χ4v) is 2.73. The van der Waals surface area contributed by atoms with Crippen molar-refractivity contribution in [3.8, 4) is 5.69 Å². The molecule has 0 radical (unpaired) electrons.